The normalized spacial score (nSPS) is 16.6. The number of carbonyl (C=O) groups excluding carboxylic acids is 2. The molecule has 0 radical (unpaired) electrons. The highest BCUT2D eigenvalue weighted by Gasteiger charge is 2.32. The van der Waals surface area contributed by atoms with Crippen molar-refractivity contribution in [2.24, 2.45) is 0 Å². The van der Waals surface area contributed by atoms with Gasteiger partial charge in [-0.25, -0.2) is 0 Å². The number of nitrogens with one attached hydrogen (secondary N) is 1. The first-order valence-corrected chi connectivity index (χ1v) is 10.2. The molecule has 0 unspecified atom stereocenters. The Morgan fingerprint density at radius 1 is 1.21 bits per heavy atom. The van der Waals surface area contributed by atoms with Gasteiger partial charge in [-0.2, -0.15) is 0 Å². The van der Waals surface area contributed by atoms with Gasteiger partial charge in [0.1, 0.15) is 4.32 Å². The molecule has 2 amide bonds. The predicted octanol–water partition coefficient (Wildman–Crippen LogP) is 3.95. The summed E-state index contributed by atoms with van der Waals surface area (Å²) in [6.07, 6.45) is 1.96. The Bertz CT molecular complexity index is 1020. The highest BCUT2D eigenvalue weighted by Crippen LogP contribution is 2.35. The first-order chi connectivity index (χ1) is 14.0. The quantitative estimate of drug-likeness (QED) is 0.577. The predicted molar refractivity (Wildman–Crippen MR) is 117 cm³/mol. The van der Waals surface area contributed by atoms with Gasteiger partial charge in [0.25, 0.3) is 5.91 Å². The second-order valence-corrected chi connectivity index (χ2v) is 8.29. The molecule has 0 aromatic heterocycles. The SMILES string of the molecule is Cc1ccc(C=C2SC(=S)N(CCC(=O)Nc3ccc4c(c3)OCO4)C2=O)cc1. The Kier molecular flexibility index (Phi) is 5.55. The number of carbonyl (C=O) groups is 2. The maximum absolute atomic E-state index is 12.7. The van der Waals surface area contributed by atoms with Gasteiger partial charge in [-0.05, 0) is 30.7 Å². The molecule has 6 nitrogen and oxygen atoms in total. The fourth-order valence-corrected chi connectivity index (χ4v) is 4.23. The lowest BCUT2D eigenvalue weighted by Gasteiger charge is -2.14. The number of fused-ring (bicyclic) bond motifs is 1. The van der Waals surface area contributed by atoms with E-state index in [9.17, 15) is 9.59 Å². The number of thiocarbonyl (C=S) groups is 1. The van der Waals surface area contributed by atoms with Crippen LogP contribution in [0.15, 0.2) is 47.4 Å². The van der Waals surface area contributed by atoms with Gasteiger partial charge in [0.15, 0.2) is 11.5 Å². The number of aryl methyl sites for hydroxylation is 1. The zero-order valence-electron chi connectivity index (χ0n) is 15.6. The molecule has 1 fully saturated rings. The molecule has 2 heterocycles. The minimum absolute atomic E-state index is 0.138. The van der Waals surface area contributed by atoms with Gasteiger partial charge < -0.3 is 14.8 Å². The number of benzene rings is 2. The molecule has 0 saturated carbocycles. The standard InChI is InChI=1S/C21H18N2O4S2/c1-13-2-4-14(5-3-13)10-18-20(25)23(21(28)29-18)9-8-19(24)22-15-6-7-16-17(11-15)27-12-26-16/h2-7,10-11H,8-9,12H2,1H3,(H,22,24). The molecule has 2 aliphatic rings. The van der Waals surface area contributed by atoms with Crippen molar-refractivity contribution in [2.75, 3.05) is 18.7 Å². The smallest absolute Gasteiger partial charge is 0.266 e. The summed E-state index contributed by atoms with van der Waals surface area (Å²) < 4.78 is 11.0. The van der Waals surface area contributed by atoms with Gasteiger partial charge in [0.05, 0.1) is 4.91 Å². The molecular weight excluding hydrogens is 408 g/mol. The summed E-state index contributed by atoms with van der Waals surface area (Å²) in [6.45, 7) is 2.42. The van der Waals surface area contributed by atoms with Crippen LogP contribution in [0.1, 0.15) is 17.5 Å². The molecule has 0 atom stereocenters. The minimum atomic E-state index is -0.208. The van der Waals surface area contributed by atoms with E-state index in [-0.39, 0.29) is 31.6 Å². The van der Waals surface area contributed by atoms with E-state index in [1.807, 2.05) is 37.3 Å². The number of anilines is 1. The van der Waals surface area contributed by atoms with Crippen LogP contribution in [-0.4, -0.2) is 34.4 Å². The van der Waals surface area contributed by atoms with E-state index in [1.54, 1.807) is 18.2 Å². The average molecular weight is 427 g/mol. The highest BCUT2D eigenvalue weighted by atomic mass is 32.2. The zero-order chi connectivity index (χ0) is 20.4. The van der Waals surface area contributed by atoms with Crippen molar-refractivity contribution in [1.29, 1.82) is 0 Å². The lowest BCUT2D eigenvalue weighted by molar-refractivity contribution is -0.122. The maximum atomic E-state index is 12.7. The Hall–Kier alpha value is -2.84. The molecule has 0 aliphatic carbocycles. The second kappa shape index (κ2) is 8.26. The molecule has 1 N–H and O–H groups in total. The van der Waals surface area contributed by atoms with Crippen molar-refractivity contribution in [2.45, 2.75) is 13.3 Å². The summed E-state index contributed by atoms with van der Waals surface area (Å²) in [5, 5.41) is 2.80. The molecule has 148 valence electrons. The van der Waals surface area contributed by atoms with Gasteiger partial charge in [-0.15, -0.1) is 0 Å². The van der Waals surface area contributed by atoms with Crippen LogP contribution in [0.5, 0.6) is 11.5 Å². The van der Waals surface area contributed by atoms with Crippen molar-refractivity contribution >= 4 is 51.9 Å². The summed E-state index contributed by atoms with van der Waals surface area (Å²) in [4.78, 5) is 27.0. The number of ether oxygens (including phenoxy) is 2. The number of hydrogen-bond donors (Lipinski definition) is 1. The molecule has 2 aromatic rings. The lowest BCUT2D eigenvalue weighted by Crippen LogP contribution is -2.31. The van der Waals surface area contributed by atoms with Gasteiger partial charge >= 0.3 is 0 Å². The van der Waals surface area contributed by atoms with Crippen LogP contribution < -0.4 is 14.8 Å². The fourth-order valence-electron chi connectivity index (χ4n) is 2.92. The van der Waals surface area contributed by atoms with Gasteiger partial charge in [-0.1, -0.05) is 53.8 Å². The van der Waals surface area contributed by atoms with Crippen molar-refractivity contribution in [1.82, 2.24) is 4.90 Å². The summed E-state index contributed by atoms with van der Waals surface area (Å²) in [6, 6.07) is 13.1. The molecule has 2 aliphatic heterocycles. The monoisotopic (exact) mass is 426 g/mol. The van der Waals surface area contributed by atoms with Crippen molar-refractivity contribution in [3.8, 4) is 11.5 Å². The first-order valence-electron chi connectivity index (χ1n) is 9.01. The fraction of sp³-hybridized carbons (Fsp3) is 0.190. The summed E-state index contributed by atoms with van der Waals surface area (Å²) in [5.74, 6) is 0.874. The van der Waals surface area contributed by atoms with Crippen LogP contribution in [0.2, 0.25) is 0 Å². The van der Waals surface area contributed by atoms with Crippen molar-refractivity contribution in [3.63, 3.8) is 0 Å². The van der Waals surface area contributed by atoms with Crippen LogP contribution in [0, 0.1) is 6.92 Å². The molecule has 0 spiro atoms. The third-order valence-corrected chi connectivity index (χ3v) is 5.85. The van der Waals surface area contributed by atoms with E-state index in [0.29, 0.717) is 26.4 Å². The molecule has 2 aromatic carbocycles. The number of rotatable bonds is 5. The van der Waals surface area contributed by atoms with Crippen LogP contribution in [-0.2, 0) is 9.59 Å². The summed E-state index contributed by atoms with van der Waals surface area (Å²) in [7, 11) is 0. The number of nitrogens with zero attached hydrogens (tertiary/aromatic N) is 1. The molecule has 29 heavy (non-hydrogen) atoms. The highest BCUT2D eigenvalue weighted by molar-refractivity contribution is 8.26. The minimum Gasteiger partial charge on any atom is -0.454 e. The van der Waals surface area contributed by atoms with Gasteiger partial charge in [0.2, 0.25) is 12.7 Å². The van der Waals surface area contributed by atoms with Gasteiger partial charge in [0, 0.05) is 24.7 Å². The van der Waals surface area contributed by atoms with Gasteiger partial charge in [-0.3, -0.25) is 14.5 Å². The van der Waals surface area contributed by atoms with Crippen LogP contribution in [0.3, 0.4) is 0 Å². The Morgan fingerprint density at radius 3 is 2.76 bits per heavy atom. The number of hydrogen-bond acceptors (Lipinski definition) is 6. The van der Waals surface area contributed by atoms with Crippen LogP contribution in [0.25, 0.3) is 6.08 Å². The van der Waals surface area contributed by atoms with E-state index >= 15 is 0 Å². The molecule has 8 heteroatoms. The van der Waals surface area contributed by atoms with Crippen LogP contribution >= 0.6 is 24.0 Å². The average Bonchev–Trinajstić information content (AvgIpc) is 3.26. The Morgan fingerprint density at radius 2 is 1.97 bits per heavy atom. The zero-order valence-corrected chi connectivity index (χ0v) is 17.3. The van der Waals surface area contributed by atoms with Crippen LogP contribution in [0.4, 0.5) is 5.69 Å². The molecule has 1 saturated heterocycles. The van der Waals surface area contributed by atoms with Crippen molar-refractivity contribution in [3.05, 3.63) is 58.5 Å². The number of thioether (sulfide) groups is 1. The van der Waals surface area contributed by atoms with E-state index in [4.69, 9.17) is 21.7 Å². The molecule has 0 bridgehead atoms. The third kappa shape index (κ3) is 4.44. The summed E-state index contributed by atoms with van der Waals surface area (Å²) in [5.41, 5.74) is 2.71. The largest absolute Gasteiger partial charge is 0.454 e. The molecular formula is C21H18N2O4S2. The second-order valence-electron chi connectivity index (χ2n) is 6.61. The van der Waals surface area contributed by atoms with Crippen molar-refractivity contribution < 1.29 is 19.1 Å². The van der Waals surface area contributed by atoms with E-state index in [1.165, 1.54) is 16.7 Å². The number of amides is 2. The Balaban J connectivity index is 1.35. The van der Waals surface area contributed by atoms with E-state index < -0.39 is 0 Å². The lowest BCUT2D eigenvalue weighted by atomic mass is 10.1. The Labute approximate surface area is 177 Å². The first kappa shape index (κ1) is 19.5. The van der Waals surface area contributed by atoms with E-state index in [0.717, 1.165) is 11.1 Å². The summed E-state index contributed by atoms with van der Waals surface area (Å²) >= 11 is 6.59. The topological polar surface area (TPSA) is 67.9 Å². The molecule has 4 rings (SSSR count). The third-order valence-electron chi connectivity index (χ3n) is 4.47. The van der Waals surface area contributed by atoms with E-state index in [2.05, 4.69) is 5.32 Å². The maximum Gasteiger partial charge on any atom is 0.266 e.